The van der Waals surface area contributed by atoms with Crippen LogP contribution in [0.15, 0.2) is 48.5 Å². The first-order chi connectivity index (χ1) is 11.2. The van der Waals surface area contributed by atoms with Crippen LogP contribution in [-0.4, -0.2) is 12.5 Å². The van der Waals surface area contributed by atoms with Crippen molar-refractivity contribution < 1.29 is 4.79 Å². The third-order valence-corrected chi connectivity index (χ3v) is 4.56. The van der Waals surface area contributed by atoms with Gasteiger partial charge in [-0.2, -0.15) is 0 Å². The van der Waals surface area contributed by atoms with E-state index >= 15 is 0 Å². The van der Waals surface area contributed by atoms with E-state index in [1.807, 2.05) is 24.3 Å². The lowest BCUT2D eigenvalue weighted by atomic mass is 10.0. The lowest BCUT2D eigenvalue weighted by Gasteiger charge is -2.11. The van der Waals surface area contributed by atoms with E-state index in [9.17, 15) is 4.79 Å². The van der Waals surface area contributed by atoms with Crippen molar-refractivity contribution in [1.82, 2.24) is 5.32 Å². The van der Waals surface area contributed by atoms with Gasteiger partial charge in [-0.1, -0.05) is 49.4 Å². The number of aryl methyl sites for hydroxylation is 1. The molecular formula is C20H24N2O. The standard InChI is InChI=1S/C20H24N2O/c1-3-21-13-15-9-5-7-11-19(15)22-20(23)18-12-17(18)16-10-6-4-8-14(16)2/h4-11,17-18,21H,3,12-13H2,1-2H3,(H,22,23). The zero-order valence-corrected chi connectivity index (χ0v) is 13.8. The summed E-state index contributed by atoms with van der Waals surface area (Å²) in [5, 5.41) is 6.44. The molecule has 23 heavy (non-hydrogen) atoms. The van der Waals surface area contributed by atoms with Gasteiger partial charge < -0.3 is 10.6 Å². The first-order valence-corrected chi connectivity index (χ1v) is 8.35. The Morgan fingerprint density at radius 3 is 2.65 bits per heavy atom. The molecule has 0 spiro atoms. The minimum atomic E-state index is 0.100. The van der Waals surface area contributed by atoms with Gasteiger partial charge in [0.2, 0.25) is 5.91 Å². The van der Waals surface area contributed by atoms with Crippen LogP contribution in [0.2, 0.25) is 0 Å². The van der Waals surface area contributed by atoms with Crippen LogP contribution in [-0.2, 0) is 11.3 Å². The van der Waals surface area contributed by atoms with Crippen molar-refractivity contribution in [3.63, 3.8) is 0 Å². The largest absolute Gasteiger partial charge is 0.326 e. The molecule has 3 heteroatoms. The average Bonchev–Trinajstić information content (AvgIpc) is 3.35. The van der Waals surface area contributed by atoms with E-state index in [1.165, 1.54) is 11.1 Å². The summed E-state index contributed by atoms with van der Waals surface area (Å²) in [6.07, 6.45) is 0.950. The number of anilines is 1. The number of rotatable bonds is 6. The van der Waals surface area contributed by atoms with Crippen molar-refractivity contribution in [2.75, 3.05) is 11.9 Å². The Morgan fingerprint density at radius 1 is 1.13 bits per heavy atom. The number of carbonyl (C=O) groups excluding carboxylic acids is 1. The van der Waals surface area contributed by atoms with Gasteiger partial charge in [0.15, 0.2) is 0 Å². The lowest BCUT2D eigenvalue weighted by Crippen LogP contribution is -2.18. The van der Waals surface area contributed by atoms with Crippen molar-refractivity contribution >= 4 is 11.6 Å². The Morgan fingerprint density at radius 2 is 1.87 bits per heavy atom. The van der Waals surface area contributed by atoms with E-state index in [0.717, 1.165) is 30.8 Å². The summed E-state index contributed by atoms with van der Waals surface area (Å²) in [6.45, 7) is 5.89. The third kappa shape index (κ3) is 3.62. The number of amides is 1. The molecular weight excluding hydrogens is 284 g/mol. The molecule has 120 valence electrons. The number of benzene rings is 2. The predicted molar refractivity (Wildman–Crippen MR) is 94.5 cm³/mol. The molecule has 2 aromatic carbocycles. The fraction of sp³-hybridized carbons (Fsp3) is 0.350. The third-order valence-electron chi connectivity index (χ3n) is 4.56. The first kappa shape index (κ1) is 15.8. The molecule has 0 aliphatic heterocycles. The van der Waals surface area contributed by atoms with E-state index < -0.39 is 0 Å². The summed E-state index contributed by atoms with van der Waals surface area (Å²) in [7, 11) is 0. The Labute approximate surface area is 138 Å². The minimum Gasteiger partial charge on any atom is -0.326 e. The summed E-state index contributed by atoms with van der Waals surface area (Å²) >= 11 is 0. The molecule has 0 heterocycles. The number of hydrogen-bond donors (Lipinski definition) is 2. The topological polar surface area (TPSA) is 41.1 Å². The summed E-state index contributed by atoms with van der Waals surface area (Å²) in [5.74, 6) is 0.614. The number of carbonyl (C=O) groups is 1. The van der Waals surface area contributed by atoms with Gasteiger partial charge in [-0.25, -0.2) is 0 Å². The second kappa shape index (κ2) is 6.97. The zero-order valence-electron chi connectivity index (χ0n) is 13.8. The smallest absolute Gasteiger partial charge is 0.228 e. The summed E-state index contributed by atoms with van der Waals surface area (Å²) < 4.78 is 0. The molecule has 0 bridgehead atoms. The van der Waals surface area contributed by atoms with Gasteiger partial charge in [-0.3, -0.25) is 4.79 Å². The van der Waals surface area contributed by atoms with Gasteiger partial charge in [0.1, 0.15) is 0 Å². The molecule has 1 aliphatic rings. The fourth-order valence-corrected chi connectivity index (χ4v) is 3.11. The van der Waals surface area contributed by atoms with Crippen LogP contribution in [0.3, 0.4) is 0 Å². The van der Waals surface area contributed by atoms with Crippen molar-refractivity contribution in [1.29, 1.82) is 0 Å². The van der Waals surface area contributed by atoms with E-state index in [4.69, 9.17) is 0 Å². The highest BCUT2D eigenvalue weighted by Crippen LogP contribution is 2.49. The quantitative estimate of drug-likeness (QED) is 0.851. The molecule has 1 aliphatic carbocycles. The number of nitrogens with one attached hydrogen (secondary N) is 2. The van der Waals surface area contributed by atoms with Crippen LogP contribution in [0.25, 0.3) is 0 Å². The monoisotopic (exact) mass is 308 g/mol. The lowest BCUT2D eigenvalue weighted by molar-refractivity contribution is -0.117. The summed E-state index contributed by atoms with van der Waals surface area (Å²) in [4.78, 5) is 12.6. The molecule has 1 fully saturated rings. The van der Waals surface area contributed by atoms with Gasteiger partial charge in [-0.15, -0.1) is 0 Å². The van der Waals surface area contributed by atoms with E-state index in [-0.39, 0.29) is 11.8 Å². The van der Waals surface area contributed by atoms with E-state index in [0.29, 0.717) is 5.92 Å². The highest BCUT2D eigenvalue weighted by molar-refractivity contribution is 5.95. The first-order valence-electron chi connectivity index (χ1n) is 8.35. The Bertz CT molecular complexity index is 696. The molecule has 3 rings (SSSR count). The second-order valence-corrected chi connectivity index (χ2v) is 6.23. The van der Waals surface area contributed by atoms with Crippen molar-refractivity contribution in [2.45, 2.75) is 32.7 Å². The SMILES string of the molecule is CCNCc1ccccc1NC(=O)C1CC1c1ccccc1C. The summed E-state index contributed by atoms with van der Waals surface area (Å²) in [6, 6.07) is 16.4. The molecule has 2 aromatic rings. The molecule has 2 N–H and O–H groups in total. The number of para-hydroxylation sites is 1. The van der Waals surface area contributed by atoms with Crippen LogP contribution in [0, 0.1) is 12.8 Å². The predicted octanol–water partition coefficient (Wildman–Crippen LogP) is 3.85. The maximum absolute atomic E-state index is 12.6. The van der Waals surface area contributed by atoms with Crippen LogP contribution < -0.4 is 10.6 Å². The molecule has 1 saturated carbocycles. The minimum absolute atomic E-state index is 0.100. The van der Waals surface area contributed by atoms with Crippen LogP contribution in [0.1, 0.15) is 36.0 Å². The molecule has 0 aromatic heterocycles. The van der Waals surface area contributed by atoms with Crippen LogP contribution in [0.5, 0.6) is 0 Å². The van der Waals surface area contributed by atoms with Crippen LogP contribution >= 0.6 is 0 Å². The Hall–Kier alpha value is -2.13. The van der Waals surface area contributed by atoms with E-state index in [2.05, 4.69) is 48.7 Å². The second-order valence-electron chi connectivity index (χ2n) is 6.23. The fourth-order valence-electron chi connectivity index (χ4n) is 3.11. The number of hydrogen-bond acceptors (Lipinski definition) is 2. The average molecular weight is 308 g/mol. The van der Waals surface area contributed by atoms with E-state index in [1.54, 1.807) is 0 Å². The molecule has 2 atom stereocenters. The highest BCUT2D eigenvalue weighted by Gasteiger charge is 2.44. The molecule has 2 unspecified atom stereocenters. The van der Waals surface area contributed by atoms with Gasteiger partial charge in [0, 0.05) is 18.2 Å². The molecule has 3 nitrogen and oxygen atoms in total. The van der Waals surface area contributed by atoms with Crippen molar-refractivity contribution in [3.8, 4) is 0 Å². The van der Waals surface area contributed by atoms with Crippen molar-refractivity contribution in [2.24, 2.45) is 5.92 Å². The van der Waals surface area contributed by atoms with Gasteiger partial charge >= 0.3 is 0 Å². The molecule has 1 amide bonds. The van der Waals surface area contributed by atoms with Crippen molar-refractivity contribution in [3.05, 3.63) is 65.2 Å². The maximum Gasteiger partial charge on any atom is 0.228 e. The van der Waals surface area contributed by atoms with Gasteiger partial charge in [-0.05, 0) is 48.6 Å². The maximum atomic E-state index is 12.6. The highest BCUT2D eigenvalue weighted by atomic mass is 16.2. The van der Waals surface area contributed by atoms with Crippen LogP contribution in [0.4, 0.5) is 5.69 Å². The van der Waals surface area contributed by atoms with Gasteiger partial charge in [0.25, 0.3) is 0 Å². The normalized spacial score (nSPS) is 19.4. The zero-order chi connectivity index (χ0) is 16.2. The molecule has 0 saturated heterocycles. The van der Waals surface area contributed by atoms with Gasteiger partial charge in [0.05, 0.1) is 0 Å². The Kier molecular flexibility index (Phi) is 4.77. The summed E-state index contributed by atoms with van der Waals surface area (Å²) in [5.41, 5.74) is 4.65. The molecule has 0 radical (unpaired) electrons. The Balaban J connectivity index is 1.66.